The van der Waals surface area contributed by atoms with Gasteiger partial charge in [0.25, 0.3) is 0 Å². The average Bonchev–Trinajstić information content (AvgIpc) is 3.96. The summed E-state index contributed by atoms with van der Waals surface area (Å²) in [5, 5.41) is 9.60. The van der Waals surface area contributed by atoms with Crippen LogP contribution in [0.15, 0.2) is 200 Å². The lowest BCUT2D eigenvalue weighted by Crippen LogP contribution is -2.04. The van der Waals surface area contributed by atoms with E-state index in [0.29, 0.717) is 5.82 Å². The van der Waals surface area contributed by atoms with Gasteiger partial charge < -0.3 is 4.57 Å². The highest BCUT2D eigenvalue weighted by molar-refractivity contribution is 6.20. The van der Waals surface area contributed by atoms with E-state index >= 15 is 0 Å². The first-order valence-corrected chi connectivity index (χ1v) is 21.1. The molecule has 0 saturated heterocycles. The van der Waals surface area contributed by atoms with E-state index in [2.05, 4.69) is 197 Å². The van der Waals surface area contributed by atoms with Gasteiger partial charge in [0.1, 0.15) is 5.52 Å². The molecular formula is C57H33N5. The molecule has 4 aromatic heterocycles. The first-order valence-electron chi connectivity index (χ1n) is 21.1. The second-order valence-electron chi connectivity index (χ2n) is 16.4. The molecule has 5 heteroatoms. The smallest absolute Gasteiger partial charge is 0.168 e. The fraction of sp³-hybridized carbons (Fsp3) is 0. The fourth-order valence-corrected chi connectivity index (χ4v) is 10.4. The Morgan fingerprint density at radius 1 is 0.355 bits per heavy atom. The van der Waals surface area contributed by atoms with Crippen LogP contribution in [0.2, 0.25) is 0 Å². The summed E-state index contributed by atoms with van der Waals surface area (Å²) < 4.78 is 4.67. The highest BCUT2D eigenvalue weighted by Gasteiger charge is 2.24. The zero-order chi connectivity index (χ0) is 40.5. The zero-order valence-electron chi connectivity index (χ0n) is 33.3. The fourth-order valence-electron chi connectivity index (χ4n) is 10.4. The standard InChI is InChI=1S/C57H33N5/c1-2-14-38(15-3-1)61-50-22-9-8-18-42(50)47-31-37(24-28-51(47)61)56-59-49-21-11-29-58-55(49)57(60-56)62-52-33-36(23-25-43(52)48-30-34-12-4-5-13-35(34)32-53(48)62)39-26-27-46-41-17-7-6-16-40(41)45-20-10-19-44(39)54(45)46/h1-33H. The van der Waals surface area contributed by atoms with E-state index in [1.165, 1.54) is 60.1 Å². The predicted molar refractivity (Wildman–Crippen MR) is 256 cm³/mol. The van der Waals surface area contributed by atoms with Gasteiger partial charge >= 0.3 is 0 Å². The summed E-state index contributed by atoms with van der Waals surface area (Å²) in [6, 6.07) is 70.1. The van der Waals surface area contributed by atoms with Crippen LogP contribution in [0.25, 0.3) is 132 Å². The van der Waals surface area contributed by atoms with Crippen molar-refractivity contribution in [2.45, 2.75) is 0 Å². The molecule has 13 aromatic rings. The van der Waals surface area contributed by atoms with Crippen molar-refractivity contribution < 1.29 is 0 Å². The Kier molecular flexibility index (Phi) is 6.77. The van der Waals surface area contributed by atoms with Gasteiger partial charge in [0.2, 0.25) is 0 Å². The number of pyridine rings is 1. The van der Waals surface area contributed by atoms with Gasteiger partial charge in [0, 0.05) is 39.0 Å². The van der Waals surface area contributed by atoms with Crippen LogP contribution in [0.3, 0.4) is 0 Å². The van der Waals surface area contributed by atoms with Crippen molar-refractivity contribution in [2.24, 2.45) is 0 Å². The number of hydrogen-bond donors (Lipinski definition) is 0. The summed E-state index contributed by atoms with van der Waals surface area (Å²) in [4.78, 5) is 15.8. The Hall–Kier alpha value is -8.41. The second-order valence-corrected chi connectivity index (χ2v) is 16.4. The van der Waals surface area contributed by atoms with E-state index in [4.69, 9.17) is 15.0 Å². The van der Waals surface area contributed by atoms with Crippen molar-refractivity contribution in [1.29, 1.82) is 0 Å². The van der Waals surface area contributed by atoms with Gasteiger partial charge in [0.05, 0.1) is 27.6 Å². The number of hydrogen-bond acceptors (Lipinski definition) is 3. The van der Waals surface area contributed by atoms with Crippen LogP contribution in [0, 0.1) is 0 Å². The molecule has 1 aliphatic rings. The summed E-state index contributed by atoms with van der Waals surface area (Å²) in [7, 11) is 0. The monoisotopic (exact) mass is 787 g/mol. The van der Waals surface area contributed by atoms with Gasteiger partial charge in [-0.15, -0.1) is 0 Å². The molecule has 0 radical (unpaired) electrons. The SMILES string of the molecule is c1ccc(-n2c3ccccc3c3cc(-c4nc(-n5c6cc(-c7ccc8c9c(cccc79)-c7ccccc7-8)ccc6c6cc7ccccc7cc65)c5ncccc5n4)ccc32)cc1. The van der Waals surface area contributed by atoms with Gasteiger partial charge in [-0.05, 0) is 122 Å². The molecule has 0 amide bonds. The van der Waals surface area contributed by atoms with Crippen LogP contribution in [-0.4, -0.2) is 24.1 Å². The molecule has 14 rings (SSSR count). The Balaban J connectivity index is 1.03. The molecule has 0 atom stereocenters. The van der Waals surface area contributed by atoms with E-state index in [9.17, 15) is 0 Å². The molecule has 286 valence electrons. The molecule has 0 saturated carbocycles. The minimum absolute atomic E-state index is 0.651. The molecule has 9 aromatic carbocycles. The third-order valence-electron chi connectivity index (χ3n) is 13.1. The van der Waals surface area contributed by atoms with E-state index in [1.54, 1.807) is 0 Å². The molecular weight excluding hydrogens is 755 g/mol. The molecule has 0 spiro atoms. The van der Waals surface area contributed by atoms with E-state index in [0.717, 1.165) is 66.5 Å². The molecule has 0 bridgehead atoms. The third kappa shape index (κ3) is 4.65. The van der Waals surface area contributed by atoms with Crippen LogP contribution in [-0.2, 0) is 0 Å². The molecule has 0 N–H and O–H groups in total. The van der Waals surface area contributed by atoms with E-state index in [-0.39, 0.29) is 0 Å². The molecule has 5 nitrogen and oxygen atoms in total. The summed E-state index contributed by atoms with van der Waals surface area (Å²) in [5.74, 6) is 1.40. The van der Waals surface area contributed by atoms with Gasteiger partial charge in [-0.1, -0.05) is 127 Å². The minimum Gasteiger partial charge on any atom is -0.309 e. The Morgan fingerprint density at radius 2 is 1.02 bits per heavy atom. The first-order chi connectivity index (χ1) is 30.7. The number of benzene rings is 9. The van der Waals surface area contributed by atoms with Crippen molar-refractivity contribution >= 4 is 76.2 Å². The van der Waals surface area contributed by atoms with E-state index in [1.807, 2.05) is 12.3 Å². The molecule has 4 heterocycles. The van der Waals surface area contributed by atoms with Crippen LogP contribution in [0.5, 0.6) is 0 Å². The highest BCUT2D eigenvalue weighted by Crippen LogP contribution is 2.50. The Bertz CT molecular complexity index is 4010. The minimum atomic E-state index is 0.651. The molecule has 1 aliphatic carbocycles. The van der Waals surface area contributed by atoms with E-state index < -0.39 is 0 Å². The maximum Gasteiger partial charge on any atom is 0.168 e. The third-order valence-corrected chi connectivity index (χ3v) is 13.1. The van der Waals surface area contributed by atoms with Crippen LogP contribution >= 0.6 is 0 Å². The molecule has 62 heavy (non-hydrogen) atoms. The molecule has 0 aliphatic heterocycles. The van der Waals surface area contributed by atoms with Crippen molar-refractivity contribution in [1.82, 2.24) is 24.1 Å². The predicted octanol–water partition coefficient (Wildman–Crippen LogP) is 14.5. The van der Waals surface area contributed by atoms with Crippen LogP contribution in [0.4, 0.5) is 0 Å². The number of nitrogens with zero attached hydrogens (tertiary/aromatic N) is 5. The normalized spacial score (nSPS) is 12.2. The number of rotatable bonds is 4. The summed E-state index contributed by atoms with van der Waals surface area (Å²) >= 11 is 0. The lowest BCUT2D eigenvalue weighted by atomic mass is 9.94. The number of fused-ring (bicyclic) bond motifs is 11. The second kappa shape index (κ2) is 12.6. The molecule has 0 fully saturated rings. The maximum absolute atomic E-state index is 5.54. The number of aromatic nitrogens is 5. The van der Waals surface area contributed by atoms with Gasteiger partial charge in [-0.3, -0.25) is 9.55 Å². The van der Waals surface area contributed by atoms with Crippen molar-refractivity contribution in [3.05, 3.63) is 200 Å². The molecule has 0 unspecified atom stereocenters. The number of para-hydroxylation sites is 2. The maximum atomic E-state index is 5.54. The summed E-state index contributed by atoms with van der Waals surface area (Å²) in [6.45, 7) is 0. The highest BCUT2D eigenvalue weighted by atomic mass is 15.1. The van der Waals surface area contributed by atoms with Crippen molar-refractivity contribution in [2.75, 3.05) is 0 Å². The first kappa shape index (κ1) is 33.4. The Morgan fingerprint density at radius 3 is 1.90 bits per heavy atom. The summed E-state index contributed by atoms with van der Waals surface area (Å²) in [5.41, 5.74) is 15.6. The van der Waals surface area contributed by atoms with Crippen molar-refractivity contribution in [3.8, 4) is 56.3 Å². The van der Waals surface area contributed by atoms with Gasteiger partial charge in [-0.25, -0.2) is 9.97 Å². The van der Waals surface area contributed by atoms with Crippen molar-refractivity contribution in [3.63, 3.8) is 0 Å². The lowest BCUT2D eigenvalue weighted by Gasteiger charge is -2.14. The lowest BCUT2D eigenvalue weighted by molar-refractivity contribution is 1.06. The largest absolute Gasteiger partial charge is 0.309 e. The Labute approximate surface area is 355 Å². The van der Waals surface area contributed by atoms with Gasteiger partial charge in [-0.2, -0.15) is 0 Å². The van der Waals surface area contributed by atoms with Crippen LogP contribution < -0.4 is 0 Å². The van der Waals surface area contributed by atoms with Crippen LogP contribution in [0.1, 0.15) is 0 Å². The quantitative estimate of drug-likeness (QED) is 0.178. The topological polar surface area (TPSA) is 48.5 Å². The average molecular weight is 788 g/mol. The summed E-state index contributed by atoms with van der Waals surface area (Å²) in [6.07, 6.45) is 1.85. The zero-order valence-corrected chi connectivity index (χ0v) is 33.3. The van der Waals surface area contributed by atoms with Gasteiger partial charge in [0.15, 0.2) is 11.6 Å².